The van der Waals surface area contributed by atoms with E-state index in [1.165, 1.54) is 12.1 Å². The monoisotopic (exact) mass is 311 g/mol. The minimum absolute atomic E-state index is 0.0786. The van der Waals surface area contributed by atoms with E-state index in [9.17, 15) is 10.1 Å². The van der Waals surface area contributed by atoms with Gasteiger partial charge in [-0.2, -0.15) is 0 Å². The van der Waals surface area contributed by atoms with Crippen LogP contribution in [0.3, 0.4) is 0 Å². The molecule has 0 N–H and O–H groups in total. The number of benzene rings is 2. The summed E-state index contributed by atoms with van der Waals surface area (Å²) in [5, 5.41) is 11.2. The van der Waals surface area contributed by atoms with Crippen LogP contribution in [0, 0.1) is 10.1 Å². The normalized spacial score (nSPS) is 10.2. The van der Waals surface area contributed by atoms with Crippen molar-refractivity contribution >= 4 is 33.2 Å². The van der Waals surface area contributed by atoms with Gasteiger partial charge in [0.2, 0.25) is 0 Å². The third-order valence-electron chi connectivity index (χ3n) is 2.27. The summed E-state index contributed by atoms with van der Waals surface area (Å²) in [5.74, 6) is 0. The zero-order valence-electron chi connectivity index (χ0n) is 8.56. The SMILES string of the molecule is O=[N+]([O-])c1ccc(-c2cc(Cl)cc(Br)c2)cc1. The zero-order valence-corrected chi connectivity index (χ0v) is 10.9. The lowest BCUT2D eigenvalue weighted by molar-refractivity contribution is -0.384. The average molecular weight is 313 g/mol. The number of hydrogen-bond acceptors (Lipinski definition) is 2. The molecule has 0 heterocycles. The van der Waals surface area contributed by atoms with Crippen LogP contribution in [0.2, 0.25) is 5.02 Å². The third kappa shape index (κ3) is 2.84. The van der Waals surface area contributed by atoms with E-state index in [4.69, 9.17) is 11.6 Å². The number of nitro benzene ring substituents is 1. The molecular formula is C12H7BrClNO2. The lowest BCUT2D eigenvalue weighted by atomic mass is 10.1. The Morgan fingerprint density at radius 1 is 1.06 bits per heavy atom. The summed E-state index contributed by atoms with van der Waals surface area (Å²) in [6.45, 7) is 0. The summed E-state index contributed by atoms with van der Waals surface area (Å²) in [7, 11) is 0. The van der Waals surface area contributed by atoms with Gasteiger partial charge in [0.15, 0.2) is 0 Å². The maximum absolute atomic E-state index is 10.5. The van der Waals surface area contributed by atoms with Gasteiger partial charge in [-0.05, 0) is 41.5 Å². The Hall–Kier alpha value is -1.39. The quantitative estimate of drug-likeness (QED) is 0.597. The predicted molar refractivity (Wildman–Crippen MR) is 71.2 cm³/mol. The van der Waals surface area contributed by atoms with Crippen LogP contribution >= 0.6 is 27.5 Å². The van der Waals surface area contributed by atoms with Crippen molar-refractivity contribution in [3.8, 4) is 11.1 Å². The van der Waals surface area contributed by atoms with E-state index in [0.717, 1.165) is 15.6 Å². The van der Waals surface area contributed by atoms with Gasteiger partial charge in [0.25, 0.3) is 5.69 Å². The first kappa shape index (κ1) is 12.1. The molecule has 0 aliphatic rings. The second kappa shape index (κ2) is 4.85. The number of hydrogen-bond donors (Lipinski definition) is 0. The van der Waals surface area contributed by atoms with Crippen LogP contribution in [0.25, 0.3) is 11.1 Å². The van der Waals surface area contributed by atoms with Crippen LogP contribution in [0.5, 0.6) is 0 Å². The maximum Gasteiger partial charge on any atom is 0.269 e. The van der Waals surface area contributed by atoms with Gasteiger partial charge in [-0.3, -0.25) is 10.1 Å². The van der Waals surface area contributed by atoms with Gasteiger partial charge in [-0.1, -0.05) is 27.5 Å². The largest absolute Gasteiger partial charge is 0.269 e. The summed E-state index contributed by atoms with van der Waals surface area (Å²) in [6.07, 6.45) is 0. The summed E-state index contributed by atoms with van der Waals surface area (Å²) in [4.78, 5) is 10.1. The molecule has 0 aliphatic heterocycles. The molecule has 17 heavy (non-hydrogen) atoms. The van der Waals surface area contributed by atoms with Gasteiger partial charge < -0.3 is 0 Å². The Morgan fingerprint density at radius 3 is 2.24 bits per heavy atom. The maximum atomic E-state index is 10.5. The van der Waals surface area contributed by atoms with Crippen LogP contribution in [0.15, 0.2) is 46.9 Å². The Labute approximate surface area is 111 Å². The molecule has 5 heteroatoms. The molecule has 0 saturated heterocycles. The minimum Gasteiger partial charge on any atom is -0.258 e. The van der Waals surface area contributed by atoms with Gasteiger partial charge in [-0.25, -0.2) is 0 Å². The van der Waals surface area contributed by atoms with Crippen molar-refractivity contribution < 1.29 is 4.92 Å². The van der Waals surface area contributed by atoms with Crippen molar-refractivity contribution in [2.75, 3.05) is 0 Å². The number of halogens is 2. The molecule has 0 spiro atoms. The van der Waals surface area contributed by atoms with Crippen molar-refractivity contribution in [2.24, 2.45) is 0 Å². The first-order chi connectivity index (χ1) is 8.06. The number of nitro groups is 1. The Morgan fingerprint density at radius 2 is 1.71 bits per heavy atom. The zero-order chi connectivity index (χ0) is 12.4. The fourth-order valence-electron chi connectivity index (χ4n) is 1.50. The van der Waals surface area contributed by atoms with E-state index in [2.05, 4.69) is 15.9 Å². The highest BCUT2D eigenvalue weighted by Crippen LogP contribution is 2.28. The molecule has 0 aliphatic carbocycles. The summed E-state index contributed by atoms with van der Waals surface area (Å²) in [6, 6.07) is 11.9. The third-order valence-corrected chi connectivity index (χ3v) is 2.95. The van der Waals surface area contributed by atoms with Crippen molar-refractivity contribution in [1.82, 2.24) is 0 Å². The van der Waals surface area contributed by atoms with Crippen molar-refractivity contribution in [3.63, 3.8) is 0 Å². The van der Waals surface area contributed by atoms with Gasteiger partial charge in [-0.15, -0.1) is 0 Å². The van der Waals surface area contributed by atoms with Crippen molar-refractivity contribution in [3.05, 3.63) is 62.1 Å². The molecule has 86 valence electrons. The molecule has 0 fully saturated rings. The van der Waals surface area contributed by atoms with Gasteiger partial charge in [0, 0.05) is 21.6 Å². The standard InChI is InChI=1S/C12H7BrClNO2/c13-10-5-9(6-11(14)7-10)8-1-3-12(4-2-8)15(16)17/h1-7H. The Bertz CT molecular complexity index is 549. The summed E-state index contributed by atoms with van der Waals surface area (Å²) < 4.78 is 0.873. The lowest BCUT2D eigenvalue weighted by Gasteiger charge is -2.03. The topological polar surface area (TPSA) is 43.1 Å². The van der Waals surface area contributed by atoms with Crippen LogP contribution in [0.4, 0.5) is 5.69 Å². The molecule has 0 saturated carbocycles. The van der Waals surface area contributed by atoms with Crippen LogP contribution < -0.4 is 0 Å². The molecule has 3 nitrogen and oxygen atoms in total. The van der Waals surface area contributed by atoms with Crippen molar-refractivity contribution in [2.45, 2.75) is 0 Å². The van der Waals surface area contributed by atoms with E-state index in [1.54, 1.807) is 18.2 Å². The fraction of sp³-hybridized carbons (Fsp3) is 0. The van der Waals surface area contributed by atoms with E-state index in [-0.39, 0.29) is 5.69 Å². The molecular weight excluding hydrogens is 305 g/mol. The molecule has 2 aromatic carbocycles. The van der Waals surface area contributed by atoms with Gasteiger partial charge in [0.05, 0.1) is 4.92 Å². The smallest absolute Gasteiger partial charge is 0.258 e. The fourth-order valence-corrected chi connectivity index (χ4v) is 2.36. The van der Waals surface area contributed by atoms with Gasteiger partial charge >= 0.3 is 0 Å². The summed E-state index contributed by atoms with van der Waals surface area (Å²) in [5.41, 5.74) is 1.88. The average Bonchev–Trinajstić information content (AvgIpc) is 2.28. The molecule has 0 radical (unpaired) electrons. The van der Waals surface area contributed by atoms with Crippen LogP contribution in [0.1, 0.15) is 0 Å². The molecule has 2 rings (SSSR count). The second-order valence-corrected chi connectivity index (χ2v) is 4.81. The Kier molecular flexibility index (Phi) is 3.45. The molecule has 0 unspecified atom stereocenters. The van der Waals surface area contributed by atoms with E-state index >= 15 is 0 Å². The first-order valence-electron chi connectivity index (χ1n) is 4.77. The van der Waals surface area contributed by atoms with Crippen molar-refractivity contribution in [1.29, 1.82) is 0 Å². The molecule has 0 atom stereocenters. The van der Waals surface area contributed by atoms with Crippen LogP contribution in [-0.4, -0.2) is 4.92 Å². The molecule has 2 aromatic rings. The number of non-ortho nitro benzene ring substituents is 1. The van der Waals surface area contributed by atoms with E-state index < -0.39 is 4.92 Å². The number of rotatable bonds is 2. The van der Waals surface area contributed by atoms with Gasteiger partial charge in [0.1, 0.15) is 0 Å². The molecule has 0 amide bonds. The second-order valence-electron chi connectivity index (χ2n) is 3.46. The Balaban J connectivity index is 2.43. The minimum atomic E-state index is -0.419. The van der Waals surface area contributed by atoms with E-state index in [0.29, 0.717) is 5.02 Å². The molecule has 0 bridgehead atoms. The highest BCUT2D eigenvalue weighted by Gasteiger charge is 2.06. The highest BCUT2D eigenvalue weighted by atomic mass is 79.9. The lowest BCUT2D eigenvalue weighted by Crippen LogP contribution is -1.87. The first-order valence-corrected chi connectivity index (χ1v) is 5.94. The number of nitrogens with zero attached hydrogens (tertiary/aromatic N) is 1. The highest BCUT2D eigenvalue weighted by molar-refractivity contribution is 9.10. The molecule has 0 aromatic heterocycles. The summed E-state index contributed by atoms with van der Waals surface area (Å²) >= 11 is 9.30. The van der Waals surface area contributed by atoms with Crippen LogP contribution in [-0.2, 0) is 0 Å². The van der Waals surface area contributed by atoms with E-state index in [1.807, 2.05) is 12.1 Å². The predicted octanol–water partition coefficient (Wildman–Crippen LogP) is 4.68.